The number of carbonyl (C=O) groups is 2. The van der Waals surface area contributed by atoms with Gasteiger partial charge in [-0.05, 0) is 18.6 Å². The molecule has 0 spiro atoms. The molecule has 1 saturated carbocycles. The lowest BCUT2D eigenvalue weighted by Gasteiger charge is -2.46. The summed E-state index contributed by atoms with van der Waals surface area (Å²) in [6, 6.07) is 8.22. The molecule has 2 aliphatic carbocycles. The van der Waals surface area contributed by atoms with Crippen molar-refractivity contribution in [1.82, 2.24) is 10.6 Å². The van der Waals surface area contributed by atoms with Crippen LogP contribution in [0, 0.1) is 0 Å². The lowest BCUT2D eigenvalue weighted by Crippen LogP contribution is -2.67. The van der Waals surface area contributed by atoms with Crippen molar-refractivity contribution in [2.45, 2.75) is 67.5 Å². The molecule has 0 bridgehead atoms. The zero-order valence-corrected chi connectivity index (χ0v) is 32.3. The van der Waals surface area contributed by atoms with Crippen molar-refractivity contribution >= 4 is 44.5 Å². The molecule has 0 aromatic heterocycles. The maximum Gasteiger partial charge on any atom is 0.196 e. The summed E-state index contributed by atoms with van der Waals surface area (Å²) in [7, 11) is 3.27. The van der Waals surface area contributed by atoms with Crippen LogP contribution in [0.3, 0.4) is 0 Å². The van der Waals surface area contributed by atoms with Gasteiger partial charge in [0.25, 0.3) is 0 Å². The number of benzene rings is 2. The smallest absolute Gasteiger partial charge is 0.196 e. The minimum absolute atomic E-state index is 0.0341. The van der Waals surface area contributed by atoms with Crippen molar-refractivity contribution < 1.29 is 44.2 Å². The van der Waals surface area contributed by atoms with E-state index in [0.29, 0.717) is 72.1 Å². The van der Waals surface area contributed by atoms with Crippen molar-refractivity contribution in [1.29, 1.82) is 0 Å². The van der Waals surface area contributed by atoms with E-state index in [-0.39, 0.29) is 37.7 Å². The molecule has 2 aromatic rings. The molecule has 0 radical (unpaired) electrons. The van der Waals surface area contributed by atoms with Gasteiger partial charge < -0.3 is 78.8 Å². The predicted octanol–water partition coefficient (Wildman–Crippen LogP) is -2.24. The van der Waals surface area contributed by atoms with Gasteiger partial charge in [-0.2, -0.15) is 0 Å². The van der Waals surface area contributed by atoms with Crippen LogP contribution in [0.1, 0.15) is 38.3 Å². The summed E-state index contributed by atoms with van der Waals surface area (Å²) in [5.41, 5.74) is 27.0. The number of ketones is 2. The van der Waals surface area contributed by atoms with E-state index in [2.05, 4.69) is 21.3 Å². The average Bonchev–Trinajstić information content (AvgIpc) is 3.18. The molecule has 2 fully saturated rings. The number of aliphatic hydroxyl groups is 4. The highest BCUT2D eigenvalue weighted by Crippen LogP contribution is 2.36. The van der Waals surface area contributed by atoms with Gasteiger partial charge in [0.15, 0.2) is 17.9 Å². The second kappa shape index (κ2) is 21.4. The van der Waals surface area contributed by atoms with E-state index in [1.807, 2.05) is 12.1 Å². The number of hydrogen-bond donors (Lipinski definition) is 12. The Morgan fingerprint density at radius 3 is 1.95 bits per heavy atom. The molecule has 17 nitrogen and oxygen atoms in total. The fraction of sp³-hybridized carbons (Fsp3) is 0.611. The Labute approximate surface area is 328 Å². The maximum absolute atomic E-state index is 13.7. The van der Waals surface area contributed by atoms with E-state index < -0.39 is 61.0 Å². The van der Waals surface area contributed by atoms with E-state index in [9.17, 15) is 24.9 Å². The van der Waals surface area contributed by atoms with Gasteiger partial charge in [0.05, 0.1) is 36.5 Å². The summed E-state index contributed by atoms with van der Waals surface area (Å²) >= 11 is 0. The van der Waals surface area contributed by atoms with E-state index in [0.717, 1.165) is 12.3 Å². The molecule has 306 valence electrons. The minimum atomic E-state index is -1.32. The molecule has 1 aliphatic heterocycles. The predicted molar refractivity (Wildman–Crippen MR) is 213 cm³/mol. The monoisotopic (exact) mass is 808 g/mol. The van der Waals surface area contributed by atoms with Crippen molar-refractivity contribution in [2.24, 2.45) is 22.9 Å². The molecule has 5 rings (SSSR count). The molecular weight excluding hydrogens is 753 g/mol. The summed E-state index contributed by atoms with van der Waals surface area (Å²) in [4.78, 5) is 27.3. The van der Waals surface area contributed by atoms with Gasteiger partial charge in [-0.25, -0.2) is 0 Å². The lowest BCUT2D eigenvalue weighted by atomic mass is 9.82. The van der Waals surface area contributed by atoms with E-state index >= 15 is 0 Å². The Kier molecular flexibility index (Phi) is 17.0. The molecule has 0 unspecified atom stereocenters. The summed E-state index contributed by atoms with van der Waals surface area (Å²) in [5.74, 6) is 1.01. The highest BCUT2D eigenvalue weighted by molar-refractivity contribution is 8.76. The summed E-state index contributed by atoms with van der Waals surface area (Å²) in [5, 5.41) is 53.6. The van der Waals surface area contributed by atoms with Crippen molar-refractivity contribution in [3.63, 3.8) is 0 Å². The third-order valence-electron chi connectivity index (χ3n) is 9.86. The van der Waals surface area contributed by atoms with Crippen LogP contribution in [0.15, 0.2) is 36.4 Å². The fourth-order valence-electron chi connectivity index (χ4n) is 6.93. The average molecular weight is 809 g/mol. The number of carbonyl (C=O) groups excluding carboxylic acids is 2. The second-order valence-electron chi connectivity index (χ2n) is 13.7. The second-order valence-corrected chi connectivity index (χ2v) is 16.4. The standard InChI is InChI=1S/C36H56N8O9S2/c37-18-25-32(49)33(50)28(40)36(52-25)53-34-22(39)17-21(38)31(48)35(34)51-14-16-55-54-15-12-42-8-10-44-24-6-5-23(43-9-7-41-11-13-45)26-27(24)30(47)20-4-2-1-3-19(20)29(26)46/h1-6,21-22,25,28,31-36,41-45,48-50H,7-18,37-40H2/t21-,22+,25-,28-,31+,32-,33-,34-,35-,36-/m1/s1. The summed E-state index contributed by atoms with van der Waals surface area (Å²) < 4.78 is 17.9. The Morgan fingerprint density at radius 1 is 0.745 bits per heavy atom. The first-order chi connectivity index (χ1) is 26.6. The molecule has 1 heterocycles. The highest BCUT2D eigenvalue weighted by Gasteiger charge is 2.48. The van der Waals surface area contributed by atoms with Gasteiger partial charge >= 0.3 is 0 Å². The molecule has 19 heteroatoms. The van der Waals surface area contributed by atoms with E-state index in [1.165, 1.54) is 0 Å². The van der Waals surface area contributed by atoms with Crippen molar-refractivity contribution in [2.75, 3.05) is 81.2 Å². The topological polar surface area (TPSA) is 295 Å². The van der Waals surface area contributed by atoms with Gasteiger partial charge in [0, 0.05) is 91.9 Å². The number of rotatable bonds is 21. The number of nitrogens with two attached hydrogens (primary N) is 4. The molecule has 55 heavy (non-hydrogen) atoms. The third kappa shape index (κ3) is 10.7. The van der Waals surface area contributed by atoms with Gasteiger partial charge in [-0.3, -0.25) is 9.59 Å². The molecule has 10 atom stereocenters. The zero-order valence-electron chi connectivity index (χ0n) is 30.7. The van der Waals surface area contributed by atoms with E-state index in [4.69, 9.17) is 42.3 Å². The number of fused-ring (bicyclic) bond motifs is 2. The van der Waals surface area contributed by atoms with Crippen LogP contribution in [0.2, 0.25) is 0 Å². The van der Waals surface area contributed by atoms with Gasteiger partial charge in [-0.15, -0.1) is 0 Å². The molecular formula is C36H56N8O9S2. The number of aliphatic hydroxyl groups excluding tert-OH is 4. The zero-order chi connectivity index (χ0) is 39.5. The normalized spacial score (nSPS) is 29.2. The van der Waals surface area contributed by atoms with Crippen LogP contribution < -0.4 is 44.2 Å². The SMILES string of the molecule is NC[C@H]1O[C@H](O[C@H]2[C@H](OCCSSCCNCCNc3ccc(NCCNCCO)c4c3C(=O)c3ccccc3C4=O)[C@@H](O)[C@H](N)C[C@@H]2N)[C@H](N)[C@@H](O)[C@@H]1O. The first kappa shape index (κ1) is 43.7. The van der Waals surface area contributed by atoms with Crippen LogP contribution in [0.4, 0.5) is 11.4 Å². The molecule has 16 N–H and O–H groups in total. The van der Waals surface area contributed by atoms with Crippen molar-refractivity contribution in [3.8, 4) is 0 Å². The quantitative estimate of drug-likeness (QED) is 0.0400. The third-order valence-corrected chi connectivity index (χ3v) is 12.2. The molecule has 2 aromatic carbocycles. The minimum Gasteiger partial charge on any atom is -0.395 e. The fourth-order valence-corrected chi connectivity index (χ4v) is 8.72. The summed E-state index contributed by atoms with van der Waals surface area (Å²) in [6.45, 7) is 3.70. The molecule has 3 aliphatic rings. The molecule has 0 amide bonds. The van der Waals surface area contributed by atoms with Crippen LogP contribution >= 0.6 is 21.6 Å². The van der Waals surface area contributed by atoms with Crippen LogP contribution in [0.25, 0.3) is 0 Å². The summed E-state index contributed by atoms with van der Waals surface area (Å²) in [6.07, 6.45) is -7.08. The first-order valence-electron chi connectivity index (χ1n) is 18.6. The highest BCUT2D eigenvalue weighted by atomic mass is 33.1. The van der Waals surface area contributed by atoms with Crippen molar-refractivity contribution in [3.05, 3.63) is 58.7 Å². The Bertz CT molecular complexity index is 1560. The van der Waals surface area contributed by atoms with Crippen LogP contribution in [-0.4, -0.2) is 164 Å². The number of nitrogens with one attached hydrogen (secondary N) is 4. The first-order valence-corrected chi connectivity index (χ1v) is 21.1. The lowest BCUT2D eigenvalue weighted by molar-refractivity contribution is -0.290. The van der Waals surface area contributed by atoms with Gasteiger partial charge in [0.2, 0.25) is 0 Å². The largest absolute Gasteiger partial charge is 0.395 e. The number of ether oxygens (including phenoxy) is 3. The maximum atomic E-state index is 13.7. The Morgan fingerprint density at radius 2 is 1.35 bits per heavy atom. The Hall–Kier alpha value is -2.44. The van der Waals surface area contributed by atoms with Crippen LogP contribution in [0.5, 0.6) is 0 Å². The Balaban J connectivity index is 1.04. The van der Waals surface area contributed by atoms with Crippen LogP contribution in [-0.2, 0) is 14.2 Å². The number of anilines is 2. The molecule has 1 saturated heterocycles. The van der Waals surface area contributed by atoms with E-state index in [1.54, 1.807) is 45.9 Å². The van der Waals surface area contributed by atoms with Gasteiger partial charge in [0.1, 0.15) is 30.5 Å². The van der Waals surface area contributed by atoms with Gasteiger partial charge in [-0.1, -0.05) is 45.9 Å². The number of hydrogen-bond acceptors (Lipinski definition) is 19.